The Kier molecular flexibility index (Phi) is 5.70. The lowest BCUT2D eigenvalue weighted by atomic mass is 10.2. The van der Waals surface area contributed by atoms with Gasteiger partial charge >= 0.3 is 0 Å². The van der Waals surface area contributed by atoms with E-state index in [2.05, 4.69) is 18.3 Å². The molecule has 0 amide bonds. The highest BCUT2D eigenvalue weighted by molar-refractivity contribution is 7.16. The Bertz CT molecular complexity index is 486. The van der Waals surface area contributed by atoms with E-state index in [1.165, 1.54) is 4.88 Å². The maximum atomic E-state index is 6.01. The number of rotatable bonds is 7. The van der Waals surface area contributed by atoms with E-state index in [1.54, 1.807) is 11.3 Å². The van der Waals surface area contributed by atoms with E-state index in [4.69, 9.17) is 16.3 Å². The van der Waals surface area contributed by atoms with Crippen molar-refractivity contribution >= 4 is 22.9 Å². The van der Waals surface area contributed by atoms with E-state index in [-0.39, 0.29) is 6.04 Å². The minimum Gasteiger partial charge on any atom is -0.492 e. The maximum absolute atomic E-state index is 6.01. The molecule has 1 N–H and O–H groups in total. The quantitative estimate of drug-likeness (QED) is 0.811. The second-order valence-corrected chi connectivity index (χ2v) is 6.02. The van der Waals surface area contributed by atoms with Gasteiger partial charge in [0.25, 0.3) is 0 Å². The molecule has 1 atom stereocenters. The van der Waals surface area contributed by atoms with Gasteiger partial charge in [-0.15, -0.1) is 11.3 Å². The van der Waals surface area contributed by atoms with Crippen molar-refractivity contribution in [1.29, 1.82) is 0 Å². The molecule has 0 spiro atoms. The standard InChI is InChI=1S/C15H18ClNOS/c1-2-10-17-13(14-8-9-15(16)19-14)11-18-12-6-4-3-5-7-12/h3-9,13,17H,2,10-11H2,1H3. The van der Waals surface area contributed by atoms with Crippen LogP contribution in [-0.2, 0) is 0 Å². The van der Waals surface area contributed by atoms with Crippen LogP contribution < -0.4 is 10.1 Å². The van der Waals surface area contributed by atoms with Crippen LogP contribution in [0.3, 0.4) is 0 Å². The first-order valence-corrected chi connectivity index (χ1v) is 7.65. The molecule has 1 aromatic carbocycles. The fourth-order valence-corrected chi connectivity index (χ4v) is 2.89. The fraction of sp³-hybridized carbons (Fsp3) is 0.333. The first kappa shape index (κ1) is 14.4. The lowest BCUT2D eigenvalue weighted by Gasteiger charge is -2.17. The molecule has 0 radical (unpaired) electrons. The van der Waals surface area contributed by atoms with Crippen LogP contribution >= 0.6 is 22.9 Å². The molecule has 0 bridgehead atoms. The van der Waals surface area contributed by atoms with Crippen LogP contribution in [0, 0.1) is 0 Å². The SMILES string of the molecule is CCCNC(COc1ccccc1)c1ccc(Cl)s1. The predicted octanol–water partition coefficient (Wildman–Crippen LogP) is 4.52. The first-order valence-electron chi connectivity index (χ1n) is 6.46. The molecule has 1 heterocycles. The molecule has 1 aromatic heterocycles. The molecule has 0 saturated carbocycles. The van der Waals surface area contributed by atoms with Crippen molar-refractivity contribution in [3.63, 3.8) is 0 Å². The Balaban J connectivity index is 1.98. The second kappa shape index (κ2) is 7.53. The van der Waals surface area contributed by atoms with Gasteiger partial charge < -0.3 is 10.1 Å². The summed E-state index contributed by atoms with van der Waals surface area (Å²) in [6.45, 7) is 3.74. The number of benzene rings is 1. The lowest BCUT2D eigenvalue weighted by Crippen LogP contribution is -2.26. The highest BCUT2D eigenvalue weighted by atomic mass is 35.5. The van der Waals surface area contributed by atoms with E-state index in [0.717, 1.165) is 23.1 Å². The summed E-state index contributed by atoms with van der Waals surface area (Å²) >= 11 is 7.61. The average Bonchev–Trinajstić information content (AvgIpc) is 2.86. The summed E-state index contributed by atoms with van der Waals surface area (Å²) in [4.78, 5) is 1.22. The minimum absolute atomic E-state index is 0.192. The van der Waals surface area contributed by atoms with Gasteiger partial charge in [0, 0.05) is 4.88 Å². The summed E-state index contributed by atoms with van der Waals surface area (Å²) in [5, 5.41) is 3.50. The molecule has 0 aliphatic heterocycles. The molecule has 2 rings (SSSR count). The van der Waals surface area contributed by atoms with Crippen molar-refractivity contribution in [1.82, 2.24) is 5.32 Å². The van der Waals surface area contributed by atoms with Crippen molar-refractivity contribution in [3.05, 3.63) is 51.7 Å². The molecule has 0 aliphatic carbocycles. The molecule has 102 valence electrons. The molecule has 0 fully saturated rings. The third-order valence-corrected chi connectivity index (χ3v) is 4.08. The molecular weight excluding hydrogens is 278 g/mol. The average molecular weight is 296 g/mol. The summed E-state index contributed by atoms with van der Waals surface area (Å²) in [6.07, 6.45) is 1.10. The highest BCUT2D eigenvalue weighted by Crippen LogP contribution is 2.27. The molecule has 19 heavy (non-hydrogen) atoms. The smallest absolute Gasteiger partial charge is 0.119 e. The summed E-state index contributed by atoms with van der Waals surface area (Å²) in [7, 11) is 0. The Morgan fingerprint density at radius 2 is 2.00 bits per heavy atom. The van der Waals surface area contributed by atoms with Crippen molar-refractivity contribution in [2.24, 2.45) is 0 Å². The van der Waals surface area contributed by atoms with E-state index in [1.807, 2.05) is 36.4 Å². The maximum Gasteiger partial charge on any atom is 0.119 e. The summed E-state index contributed by atoms with van der Waals surface area (Å²) in [5.41, 5.74) is 0. The third-order valence-electron chi connectivity index (χ3n) is 2.74. The van der Waals surface area contributed by atoms with Gasteiger partial charge in [-0.3, -0.25) is 0 Å². The summed E-state index contributed by atoms with van der Waals surface area (Å²) in [5.74, 6) is 0.897. The van der Waals surface area contributed by atoms with Crippen LogP contribution in [0.2, 0.25) is 4.34 Å². The van der Waals surface area contributed by atoms with Crippen molar-refractivity contribution in [2.45, 2.75) is 19.4 Å². The highest BCUT2D eigenvalue weighted by Gasteiger charge is 2.13. The molecular formula is C15H18ClNOS. The largest absolute Gasteiger partial charge is 0.492 e. The van der Waals surface area contributed by atoms with E-state index < -0.39 is 0 Å². The Morgan fingerprint density at radius 3 is 2.63 bits per heavy atom. The van der Waals surface area contributed by atoms with Gasteiger partial charge in [0.1, 0.15) is 12.4 Å². The van der Waals surface area contributed by atoms with Gasteiger partial charge in [-0.05, 0) is 37.2 Å². The predicted molar refractivity (Wildman–Crippen MR) is 82.3 cm³/mol. The fourth-order valence-electron chi connectivity index (χ4n) is 1.77. The van der Waals surface area contributed by atoms with E-state index in [0.29, 0.717) is 6.61 Å². The van der Waals surface area contributed by atoms with Crippen LogP contribution in [-0.4, -0.2) is 13.2 Å². The minimum atomic E-state index is 0.192. The Hall–Kier alpha value is -1.03. The molecule has 2 nitrogen and oxygen atoms in total. The van der Waals surface area contributed by atoms with Gasteiger partial charge in [0.2, 0.25) is 0 Å². The van der Waals surface area contributed by atoms with Crippen LogP contribution in [0.15, 0.2) is 42.5 Å². The first-order chi connectivity index (χ1) is 9.29. The number of hydrogen-bond donors (Lipinski definition) is 1. The molecule has 0 saturated heterocycles. The van der Waals surface area contributed by atoms with Crippen LogP contribution in [0.25, 0.3) is 0 Å². The van der Waals surface area contributed by atoms with Crippen molar-refractivity contribution in [3.8, 4) is 5.75 Å². The van der Waals surface area contributed by atoms with Gasteiger partial charge in [-0.2, -0.15) is 0 Å². The van der Waals surface area contributed by atoms with Gasteiger partial charge in [-0.25, -0.2) is 0 Å². The normalized spacial score (nSPS) is 12.3. The van der Waals surface area contributed by atoms with Crippen molar-refractivity contribution in [2.75, 3.05) is 13.2 Å². The summed E-state index contributed by atoms with van der Waals surface area (Å²) < 4.78 is 6.65. The molecule has 2 aromatic rings. The monoisotopic (exact) mass is 295 g/mol. The molecule has 4 heteroatoms. The van der Waals surface area contributed by atoms with Gasteiger partial charge in [0.15, 0.2) is 0 Å². The van der Waals surface area contributed by atoms with Crippen LogP contribution in [0.4, 0.5) is 0 Å². The van der Waals surface area contributed by atoms with Crippen molar-refractivity contribution < 1.29 is 4.74 Å². The number of thiophene rings is 1. The number of para-hydroxylation sites is 1. The van der Waals surface area contributed by atoms with E-state index in [9.17, 15) is 0 Å². The molecule has 1 unspecified atom stereocenters. The zero-order valence-electron chi connectivity index (χ0n) is 10.9. The van der Waals surface area contributed by atoms with Crippen LogP contribution in [0.1, 0.15) is 24.3 Å². The lowest BCUT2D eigenvalue weighted by molar-refractivity contribution is 0.268. The Morgan fingerprint density at radius 1 is 1.21 bits per heavy atom. The molecule has 0 aliphatic rings. The zero-order chi connectivity index (χ0) is 13.5. The van der Waals surface area contributed by atoms with Gasteiger partial charge in [-0.1, -0.05) is 36.7 Å². The summed E-state index contributed by atoms with van der Waals surface area (Å²) in [6, 6.07) is 14.1. The third kappa shape index (κ3) is 4.53. The zero-order valence-corrected chi connectivity index (χ0v) is 12.5. The topological polar surface area (TPSA) is 21.3 Å². The number of ether oxygens (including phenoxy) is 1. The second-order valence-electron chi connectivity index (χ2n) is 4.27. The van der Waals surface area contributed by atoms with Crippen LogP contribution in [0.5, 0.6) is 5.75 Å². The van der Waals surface area contributed by atoms with Gasteiger partial charge in [0.05, 0.1) is 10.4 Å². The Labute approximate surface area is 123 Å². The number of halogens is 1. The number of nitrogens with one attached hydrogen (secondary N) is 1. The van der Waals surface area contributed by atoms with E-state index >= 15 is 0 Å². The number of hydrogen-bond acceptors (Lipinski definition) is 3.